The molecular formula is C75H126O6. The Labute approximate surface area is 501 Å². The number of ether oxygens (including phenoxy) is 3. The molecule has 0 saturated carbocycles. The number of hydrogen-bond donors (Lipinski definition) is 0. The predicted molar refractivity (Wildman–Crippen MR) is 353 cm³/mol. The predicted octanol–water partition coefficient (Wildman–Crippen LogP) is 23.6. The van der Waals surface area contributed by atoms with Crippen molar-refractivity contribution in [2.45, 2.75) is 322 Å². The third kappa shape index (κ3) is 66.5. The Morgan fingerprint density at radius 2 is 0.481 bits per heavy atom. The fraction of sp³-hybridized carbons (Fsp3) is 0.693. The Hall–Kier alpha value is -4.19. The van der Waals surface area contributed by atoms with E-state index in [9.17, 15) is 14.4 Å². The quantitative estimate of drug-likeness (QED) is 0.0261. The molecule has 0 aromatic rings. The molecule has 0 aliphatic carbocycles. The minimum Gasteiger partial charge on any atom is -0.462 e. The van der Waals surface area contributed by atoms with E-state index in [1.54, 1.807) is 0 Å². The Morgan fingerprint density at radius 3 is 0.753 bits per heavy atom. The lowest BCUT2D eigenvalue weighted by Crippen LogP contribution is -2.30. The summed E-state index contributed by atoms with van der Waals surface area (Å²) in [6.45, 7) is 6.39. The van der Waals surface area contributed by atoms with Gasteiger partial charge in [-0.15, -0.1) is 0 Å². The molecule has 462 valence electrons. The van der Waals surface area contributed by atoms with Crippen LogP contribution in [0.15, 0.2) is 122 Å². The van der Waals surface area contributed by atoms with E-state index in [4.69, 9.17) is 14.2 Å². The molecule has 0 N–H and O–H groups in total. The number of rotatable bonds is 61. The number of carbonyl (C=O) groups is 3. The summed E-state index contributed by atoms with van der Waals surface area (Å²) in [7, 11) is 0. The van der Waals surface area contributed by atoms with E-state index in [1.165, 1.54) is 148 Å². The molecule has 0 bridgehead atoms. The van der Waals surface area contributed by atoms with Crippen molar-refractivity contribution in [2.24, 2.45) is 0 Å². The summed E-state index contributed by atoms with van der Waals surface area (Å²) in [5.74, 6) is -0.908. The number of unbranched alkanes of at least 4 members (excludes halogenated alkanes) is 30. The summed E-state index contributed by atoms with van der Waals surface area (Å²) in [5, 5.41) is 0. The second-order valence-electron chi connectivity index (χ2n) is 22.3. The van der Waals surface area contributed by atoms with E-state index in [1.807, 2.05) is 0 Å². The highest BCUT2D eigenvalue weighted by Crippen LogP contribution is 2.16. The lowest BCUT2D eigenvalue weighted by Gasteiger charge is -2.18. The lowest BCUT2D eigenvalue weighted by atomic mass is 10.0. The molecule has 6 nitrogen and oxygen atoms in total. The molecule has 0 spiro atoms. The van der Waals surface area contributed by atoms with Gasteiger partial charge >= 0.3 is 17.9 Å². The van der Waals surface area contributed by atoms with Crippen LogP contribution < -0.4 is 0 Å². The molecular weight excluding hydrogens is 997 g/mol. The lowest BCUT2D eigenvalue weighted by molar-refractivity contribution is -0.167. The van der Waals surface area contributed by atoms with Crippen LogP contribution in [0, 0.1) is 0 Å². The van der Waals surface area contributed by atoms with Crippen LogP contribution in [0.2, 0.25) is 0 Å². The van der Waals surface area contributed by atoms with Gasteiger partial charge in [-0.05, 0) is 128 Å². The zero-order valence-corrected chi connectivity index (χ0v) is 53.0. The second-order valence-corrected chi connectivity index (χ2v) is 22.3. The normalized spacial score (nSPS) is 12.9. The highest BCUT2D eigenvalue weighted by molar-refractivity contribution is 5.71. The zero-order chi connectivity index (χ0) is 58.5. The number of hydrogen-bond acceptors (Lipinski definition) is 6. The molecule has 0 heterocycles. The van der Waals surface area contributed by atoms with Crippen molar-refractivity contribution < 1.29 is 28.6 Å². The molecule has 0 aliphatic heterocycles. The Balaban J connectivity index is 4.36. The van der Waals surface area contributed by atoms with Crippen molar-refractivity contribution in [1.29, 1.82) is 0 Å². The van der Waals surface area contributed by atoms with E-state index in [0.717, 1.165) is 128 Å². The molecule has 0 fully saturated rings. The highest BCUT2D eigenvalue weighted by atomic mass is 16.6. The first-order valence-corrected chi connectivity index (χ1v) is 34.0. The van der Waals surface area contributed by atoms with Gasteiger partial charge in [-0.2, -0.15) is 0 Å². The number of allylic oxidation sites excluding steroid dienone is 20. The van der Waals surface area contributed by atoms with Crippen LogP contribution in [-0.4, -0.2) is 37.2 Å². The standard InChI is InChI=1S/C75H126O6/c1-4-7-10-13-16-19-22-25-28-31-33-34-35-36-37-38-39-40-42-44-47-50-53-56-59-62-65-68-74(77)80-71-72(70-79-73(76)67-64-61-58-55-52-49-46-43-30-27-24-21-18-15-12-9-6-3)81-75(78)69-66-63-60-57-54-51-48-45-41-32-29-26-23-20-17-14-11-8-5-2/h7,9-10,12,16-21,25-30,33-34,46,49,72H,4-6,8,11,13-15,22-24,31-32,35-45,47-48,50-71H2,1-3H3/b10-7-,12-9-,19-16-,20-17-,21-18-,28-25-,29-26-,30-27-,34-33-,49-46-. The molecule has 0 aliphatic rings. The van der Waals surface area contributed by atoms with Crippen LogP contribution in [0.4, 0.5) is 0 Å². The molecule has 81 heavy (non-hydrogen) atoms. The van der Waals surface area contributed by atoms with E-state index < -0.39 is 6.10 Å². The smallest absolute Gasteiger partial charge is 0.306 e. The molecule has 0 aromatic heterocycles. The first kappa shape index (κ1) is 76.8. The molecule has 0 radical (unpaired) electrons. The van der Waals surface area contributed by atoms with E-state index >= 15 is 0 Å². The molecule has 6 heteroatoms. The number of carbonyl (C=O) groups excluding carboxylic acids is 3. The van der Waals surface area contributed by atoms with Gasteiger partial charge < -0.3 is 14.2 Å². The Kier molecular flexibility index (Phi) is 64.8. The van der Waals surface area contributed by atoms with Crippen LogP contribution in [0.1, 0.15) is 316 Å². The number of esters is 3. The fourth-order valence-electron chi connectivity index (χ4n) is 9.40. The van der Waals surface area contributed by atoms with Gasteiger partial charge in [0.25, 0.3) is 0 Å². The third-order valence-electron chi connectivity index (χ3n) is 14.4. The van der Waals surface area contributed by atoms with Crippen molar-refractivity contribution in [3.63, 3.8) is 0 Å². The van der Waals surface area contributed by atoms with Crippen molar-refractivity contribution >= 4 is 17.9 Å². The average Bonchev–Trinajstić information content (AvgIpc) is 3.47. The monoisotopic (exact) mass is 1120 g/mol. The summed E-state index contributed by atoms with van der Waals surface area (Å²) < 4.78 is 17.0. The molecule has 0 rings (SSSR count). The maximum absolute atomic E-state index is 12.9. The average molecular weight is 1120 g/mol. The van der Waals surface area contributed by atoms with Crippen LogP contribution in [0.5, 0.6) is 0 Å². The third-order valence-corrected chi connectivity index (χ3v) is 14.4. The highest BCUT2D eigenvalue weighted by Gasteiger charge is 2.19. The van der Waals surface area contributed by atoms with E-state index in [0.29, 0.717) is 19.3 Å². The van der Waals surface area contributed by atoms with Crippen molar-refractivity contribution in [2.75, 3.05) is 13.2 Å². The van der Waals surface area contributed by atoms with Gasteiger partial charge in [0.05, 0.1) is 0 Å². The second kappa shape index (κ2) is 68.3. The zero-order valence-electron chi connectivity index (χ0n) is 53.0. The van der Waals surface area contributed by atoms with Gasteiger partial charge in [-0.25, -0.2) is 0 Å². The minimum absolute atomic E-state index is 0.0886. The molecule has 1 atom stereocenters. The van der Waals surface area contributed by atoms with Gasteiger partial charge in [-0.3, -0.25) is 14.4 Å². The SMILES string of the molecule is CC/C=C\C/C=C\C/C=C\C/C=C\CCCCCCCCCCCCCCCCC(=O)OCC(COC(=O)CCCCCC/C=C\C/C=C\C/C=C\C/C=C\CC)OC(=O)CCCCCCCCCCC/C=C\C/C=C\CCCCC. The Bertz CT molecular complexity index is 1670. The van der Waals surface area contributed by atoms with Crippen molar-refractivity contribution in [3.8, 4) is 0 Å². The van der Waals surface area contributed by atoms with Crippen LogP contribution >= 0.6 is 0 Å². The van der Waals surface area contributed by atoms with Crippen molar-refractivity contribution in [1.82, 2.24) is 0 Å². The summed E-state index contributed by atoms with van der Waals surface area (Å²) >= 11 is 0. The largest absolute Gasteiger partial charge is 0.462 e. The van der Waals surface area contributed by atoms with Gasteiger partial charge in [-0.1, -0.05) is 290 Å². The molecule has 1 unspecified atom stereocenters. The van der Waals surface area contributed by atoms with Crippen LogP contribution in [-0.2, 0) is 28.6 Å². The molecule has 0 amide bonds. The molecule has 0 saturated heterocycles. The van der Waals surface area contributed by atoms with Crippen molar-refractivity contribution in [3.05, 3.63) is 122 Å². The van der Waals surface area contributed by atoms with Gasteiger partial charge in [0.2, 0.25) is 0 Å². The summed E-state index contributed by atoms with van der Waals surface area (Å²) in [5.41, 5.74) is 0. The summed E-state index contributed by atoms with van der Waals surface area (Å²) in [4.78, 5) is 38.4. The van der Waals surface area contributed by atoms with E-state index in [2.05, 4.69) is 142 Å². The first-order valence-electron chi connectivity index (χ1n) is 34.0. The summed E-state index contributed by atoms with van der Waals surface area (Å²) in [6.07, 6.45) is 95.0. The van der Waals surface area contributed by atoms with Gasteiger partial charge in [0, 0.05) is 19.3 Å². The van der Waals surface area contributed by atoms with Gasteiger partial charge in [0.15, 0.2) is 6.10 Å². The van der Waals surface area contributed by atoms with E-state index in [-0.39, 0.29) is 31.1 Å². The van der Waals surface area contributed by atoms with Crippen LogP contribution in [0.3, 0.4) is 0 Å². The van der Waals surface area contributed by atoms with Gasteiger partial charge in [0.1, 0.15) is 13.2 Å². The maximum Gasteiger partial charge on any atom is 0.306 e. The van der Waals surface area contributed by atoms with Crippen LogP contribution in [0.25, 0.3) is 0 Å². The molecule has 0 aromatic carbocycles. The fourth-order valence-corrected chi connectivity index (χ4v) is 9.40. The minimum atomic E-state index is -0.795. The Morgan fingerprint density at radius 1 is 0.259 bits per heavy atom. The topological polar surface area (TPSA) is 78.9 Å². The first-order chi connectivity index (χ1) is 40.0. The maximum atomic E-state index is 12.9. The summed E-state index contributed by atoms with van der Waals surface area (Å²) in [6, 6.07) is 0.